The summed E-state index contributed by atoms with van der Waals surface area (Å²) in [5, 5.41) is 11.6. The molecule has 0 radical (unpaired) electrons. The Hall–Kier alpha value is -1.72. The van der Waals surface area contributed by atoms with Crippen LogP contribution in [0.4, 0.5) is 0 Å². The highest BCUT2D eigenvalue weighted by atomic mass is 16.5. The average Bonchev–Trinajstić information content (AvgIpc) is 3.13. The van der Waals surface area contributed by atoms with E-state index in [-0.39, 0.29) is 0 Å². The first-order chi connectivity index (χ1) is 10.3. The Morgan fingerprint density at radius 1 is 1.24 bits per heavy atom. The molecule has 0 spiro atoms. The first-order valence-corrected chi connectivity index (χ1v) is 7.39. The first-order valence-electron chi connectivity index (χ1n) is 7.39. The Morgan fingerprint density at radius 2 is 2.05 bits per heavy atom. The van der Waals surface area contributed by atoms with Gasteiger partial charge < -0.3 is 14.5 Å². The van der Waals surface area contributed by atoms with Crippen molar-refractivity contribution in [3.05, 3.63) is 36.2 Å². The highest BCUT2D eigenvalue weighted by Crippen LogP contribution is 2.48. The minimum atomic E-state index is 0.429. The van der Waals surface area contributed by atoms with Crippen molar-refractivity contribution in [2.45, 2.75) is 25.8 Å². The van der Waals surface area contributed by atoms with E-state index in [1.807, 2.05) is 30.3 Å². The molecule has 1 aliphatic carbocycles. The number of aromatic nitrogens is 2. The summed E-state index contributed by atoms with van der Waals surface area (Å²) in [5.41, 5.74) is 1.38. The predicted octanol–water partition coefficient (Wildman–Crippen LogP) is 2.64. The fraction of sp³-hybridized carbons (Fsp3) is 0.500. The number of hydrogen-bond acceptors (Lipinski definition) is 5. The van der Waals surface area contributed by atoms with Crippen LogP contribution in [0, 0.1) is 5.41 Å². The van der Waals surface area contributed by atoms with E-state index < -0.39 is 0 Å². The third-order valence-corrected chi connectivity index (χ3v) is 4.06. The smallest absolute Gasteiger partial charge is 0.247 e. The van der Waals surface area contributed by atoms with E-state index >= 15 is 0 Å². The zero-order valence-corrected chi connectivity index (χ0v) is 12.3. The maximum absolute atomic E-state index is 5.68. The summed E-state index contributed by atoms with van der Waals surface area (Å²) in [4.78, 5) is 0. The van der Waals surface area contributed by atoms with Crippen molar-refractivity contribution < 1.29 is 9.15 Å². The molecule has 1 N–H and O–H groups in total. The second-order valence-corrected chi connectivity index (χ2v) is 5.71. The van der Waals surface area contributed by atoms with Gasteiger partial charge in [-0.3, -0.25) is 0 Å². The third kappa shape index (κ3) is 3.68. The Morgan fingerprint density at radius 3 is 2.76 bits per heavy atom. The van der Waals surface area contributed by atoms with E-state index in [2.05, 4.69) is 15.5 Å². The van der Waals surface area contributed by atoms with Crippen molar-refractivity contribution in [1.82, 2.24) is 15.5 Å². The van der Waals surface area contributed by atoms with E-state index in [4.69, 9.17) is 9.15 Å². The molecule has 3 rings (SSSR count). The van der Waals surface area contributed by atoms with Crippen molar-refractivity contribution in [3.8, 4) is 11.5 Å². The van der Waals surface area contributed by atoms with Crippen LogP contribution in [-0.4, -0.2) is 30.5 Å². The van der Waals surface area contributed by atoms with Gasteiger partial charge in [-0.1, -0.05) is 18.2 Å². The number of nitrogens with zero attached hydrogens (tertiary/aromatic N) is 2. The van der Waals surface area contributed by atoms with E-state index in [1.165, 1.54) is 12.8 Å². The molecule has 0 aliphatic heterocycles. The zero-order valence-electron chi connectivity index (χ0n) is 12.3. The summed E-state index contributed by atoms with van der Waals surface area (Å²) in [7, 11) is 1.76. The van der Waals surface area contributed by atoms with E-state index in [0.717, 1.165) is 25.1 Å². The topological polar surface area (TPSA) is 60.2 Å². The van der Waals surface area contributed by atoms with Gasteiger partial charge in [-0.2, -0.15) is 0 Å². The van der Waals surface area contributed by atoms with Crippen molar-refractivity contribution in [1.29, 1.82) is 0 Å². The molecule has 0 unspecified atom stereocenters. The molecule has 1 fully saturated rings. The molecule has 112 valence electrons. The second-order valence-electron chi connectivity index (χ2n) is 5.71. The molecule has 1 aromatic carbocycles. The molecule has 1 aromatic heterocycles. The number of hydrogen-bond donors (Lipinski definition) is 1. The van der Waals surface area contributed by atoms with Crippen LogP contribution in [-0.2, 0) is 11.3 Å². The van der Waals surface area contributed by atoms with E-state index in [0.29, 0.717) is 23.7 Å². The molecule has 1 heterocycles. The van der Waals surface area contributed by atoms with Crippen molar-refractivity contribution in [2.24, 2.45) is 5.41 Å². The maximum atomic E-state index is 5.68. The highest BCUT2D eigenvalue weighted by molar-refractivity contribution is 5.51. The van der Waals surface area contributed by atoms with Crippen LogP contribution in [0.5, 0.6) is 0 Å². The molecule has 0 bridgehead atoms. The Kier molecular flexibility index (Phi) is 4.31. The number of rotatable bonds is 8. The molecule has 1 saturated carbocycles. The highest BCUT2D eigenvalue weighted by Gasteiger charge is 2.41. The fourth-order valence-electron chi connectivity index (χ4n) is 2.47. The quantitative estimate of drug-likeness (QED) is 0.808. The Bertz CT molecular complexity index is 564. The average molecular weight is 287 g/mol. The minimum Gasteiger partial charge on any atom is -0.419 e. The first kappa shape index (κ1) is 14.2. The molecule has 2 aromatic rings. The molecular formula is C16H21N3O2. The van der Waals surface area contributed by atoms with Crippen LogP contribution in [0.1, 0.15) is 25.2 Å². The van der Waals surface area contributed by atoms with Gasteiger partial charge in [-0.15, -0.1) is 10.2 Å². The number of methoxy groups -OCH3 is 1. The zero-order chi connectivity index (χ0) is 14.5. The Balaban J connectivity index is 1.49. The van der Waals surface area contributed by atoms with Gasteiger partial charge in [0.1, 0.15) is 0 Å². The summed E-state index contributed by atoms with van der Waals surface area (Å²) in [6.45, 7) is 2.44. The van der Waals surface area contributed by atoms with E-state index in [1.54, 1.807) is 7.11 Å². The molecule has 0 atom stereocenters. The molecule has 0 amide bonds. The standard InChI is InChI=1S/C16H21N3O2/c1-20-10-9-16(7-8-16)12-17-11-14-18-19-15(21-14)13-5-3-2-4-6-13/h2-6,17H,7-12H2,1H3. The summed E-state index contributed by atoms with van der Waals surface area (Å²) in [6.07, 6.45) is 3.68. The van der Waals surface area contributed by atoms with Crippen LogP contribution >= 0.6 is 0 Å². The van der Waals surface area contributed by atoms with Crippen molar-refractivity contribution >= 4 is 0 Å². The molecule has 5 nitrogen and oxygen atoms in total. The lowest BCUT2D eigenvalue weighted by atomic mass is 10.0. The van der Waals surface area contributed by atoms with E-state index in [9.17, 15) is 0 Å². The van der Waals surface area contributed by atoms with Gasteiger partial charge in [0.2, 0.25) is 11.8 Å². The van der Waals surface area contributed by atoms with Gasteiger partial charge in [0.05, 0.1) is 6.54 Å². The van der Waals surface area contributed by atoms with Gasteiger partial charge in [0, 0.05) is 25.8 Å². The Labute approximate surface area is 124 Å². The van der Waals surface area contributed by atoms with Crippen LogP contribution < -0.4 is 5.32 Å². The molecule has 0 saturated heterocycles. The third-order valence-electron chi connectivity index (χ3n) is 4.06. The van der Waals surface area contributed by atoms with Crippen molar-refractivity contribution in [2.75, 3.05) is 20.3 Å². The summed E-state index contributed by atoms with van der Waals surface area (Å²) in [6, 6.07) is 9.83. The lowest BCUT2D eigenvalue weighted by Gasteiger charge is -2.14. The summed E-state index contributed by atoms with van der Waals surface area (Å²) in [5.74, 6) is 1.21. The SMILES string of the molecule is COCCC1(CNCc2nnc(-c3ccccc3)o2)CC1. The summed E-state index contributed by atoms with van der Waals surface area (Å²) >= 11 is 0. The van der Waals surface area contributed by atoms with Crippen LogP contribution in [0.2, 0.25) is 0 Å². The van der Waals surface area contributed by atoms with Gasteiger partial charge in [0.15, 0.2) is 0 Å². The lowest BCUT2D eigenvalue weighted by molar-refractivity contribution is 0.171. The lowest BCUT2D eigenvalue weighted by Crippen LogP contribution is -2.24. The largest absolute Gasteiger partial charge is 0.419 e. The maximum Gasteiger partial charge on any atom is 0.247 e. The summed E-state index contributed by atoms with van der Waals surface area (Å²) < 4.78 is 10.8. The molecule has 21 heavy (non-hydrogen) atoms. The molecular weight excluding hydrogens is 266 g/mol. The van der Waals surface area contributed by atoms with Gasteiger partial charge in [-0.25, -0.2) is 0 Å². The number of nitrogens with one attached hydrogen (secondary N) is 1. The molecule has 5 heteroatoms. The second kappa shape index (κ2) is 6.37. The van der Waals surface area contributed by atoms with Crippen LogP contribution in [0.3, 0.4) is 0 Å². The van der Waals surface area contributed by atoms with Crippen molar-refractivity contribution in [3.63, 3.8) is 0 Å². The fourth-order valence-corrected chi connectivity index (χ4v) is 2.47. The predicted molar refractivity (Wildman–Crippen MR) is 79.6 cm³/mol. The number of ether oxygens (including phenoxy) is 1. The van der Waals surface area contributed by atoms with Crippen LogP contribution in [0.25, 0.3) is 11.5 Å². The molecule has 1 aliphatic rings. The minimum absolute atomic E-state index is 0.429. The normalized spacial score (nSPS) is 16.0. The van der Waals surface area contributed by atoms with Crippen LogP contribution in [0.15, 0.2) is 34.7 Å². The van der Waals surface area contributed by atoms with Gasteiger partial charge >= 0.3 is 0 Å². The van der Waals surface area contributed by atoms with Gasteiger partial charge in [-0.05, 0) is 36.8 Å². The monoisotopic (exact) mass is 287 g/mol. The number of benzene rings is 1. The van der Waals surface area contributed by atoms with Gasteiger partial charge in [0.25, 0.3) is 0 Å².